The van der Waals surface area contributed by atoms with Crippen LogP contribution in [0.2, 0.25) is 0 Å². The standard InChI is InChI=1S/C20H29NO4/c1-20(2,15-5-7-16(22)8-6-15)19(23)21-10-11-25-18-12-17(24-3)9-4-14(18)13-21/h4,9,12,15-16,22H,5-8,10-11,13H2,1-3H3. The van der Waals surface area contributed by atoms with E-state index in [0.717, 1.165) is 42.7 Å². The molecule has 1 aromatic rings. The second-order valence-corrected chi connectivity index (χ2v) is 7.78. The van der Waals surface area contributed by atoms with Crippen molar-refractivity contribution < 1.29 is 19.4 Å². The number of aliphatic hydroxyl groups is 1. The first-order chi connectivity index (χ1) is 11.9. The lowest BCUT2D eigenvalue weighted by Crippen LogP contribution is -2.46. The van der Waals surface area contributed by atoms with E-state index in [4.69, 9.17) is 9.47 Å². The number of aliphatic hydroxyl groups excluding tert-OH is 1. The fourth-order valence-corrected chi connectivity index (χ4v) is 4.03. The third kappa shape index (κ3) is 3.76. The van der Waals surface area contributed by atoms with Crippen molar-refractivity contribution in [2.75, 3.05) is 20.3 Å². The highest BCUT2D eigenvalue weighted by molar-refractivity contribution is 5.82. The van der Waals surface area contributed by atoms with Gasteiger partial charge in [0.05, 0.1) is 19.8 Å². The number of carbonyl (C=O) groups excluding carboxylic acids is 1. The van der Waals surface area contributed by atoms with Gasteiger partial charge in [0.25, 0.3) is 0 Å². The van der Waals surface area contributed by atoms with Gasteiger partial charge in [0, 0.05) is 23.6 Å². The Morgan fingerprint density at radius 2 is 2.00 bits per heavy atom. The Balaban J connectivity index is 1.75. The Bertz CT molecular complexity index is 620. The molecule has 138 valence electrons. The third-order valence-corrected chi connectivity index (χ3v) is 5.81. The van der Waals surface area contributed by atoms with Crippen LogP contribution < -0.4 is 9.47 Å². The fraction of sp³-hybridized carbons (Fsp3) is 0.650. The number of benzene rings is 1. The van der Waals surface area contributed by atoms with Crippen LogP contribution >= 0.6 is 0 Å². The van der Waals surface area contributed by atoms with E-state index in [9.17, 15) is 9.90 Å². The van der Waals surface area contributed by atoms with Gasteiger partial charge in [-0.15, -0.1) is 0 Å². The summed E-state index contributed by atoms with van der Waals surface area (Å²) < 4.78 is 11.1. The summed E-state index contributed by atoms with van der Waals surface area (Å²) in [6.45, 7) is 5.76. The molecule has 0 spiro atoms. The fourth-order valence-electron chi connectivity index (χ4n) is 4.03. The van der Waals surface area contributed by atoms with E-state index in [1.807, 2.05) is 23.1 Å². The largest absolute Gasteiger partial charge is 0.497 e. The molecule has 0 unspecified atom stereocenters. The predicted molar refractivity (Wildman–Crippen MR) is 95.7 cm³/mol. The van der Waals surface area contributed by atoms with Crippen LogP contribution in [0.3, 0.4) is 0 Å². The molecule has 0 atom stereocenters. The molecule has 1 amide bonds. The SMILES string of the molecule is COc1ccc2c(c1)OCCN(C(=O)C(C)(C)C1CCC(O)CC1)C2. The molecule has 5 heteroatoms. The van der Waals surface area contributed by atoms with Crippen molar-refractivity contribution in [2.45, 2.75) is 52.2 Å². The van der Waals surface area contributed by atoms with Gasteiger partial charge in [-0.1, -0.05) is 13.8 Å². The number of nitrogens with zero attached hydrogens (tertiary/aromatic N) is 1. The van der Waals surface area contributed by atoms with Gasteiger partial charge in [-0.25, -0.2) is 0 Å². The van der Waals surface area contributed by atoms with Crippen LogP contribution in [0.5, 0.6) is 11.5 Å². The van der Waals surface area contributed by atoms with Crippen molar-refractivity contribution in [2.24, 2.45) is 11.3 Å². The molecule has 0 bridgehead atoms. The Morgan fingerprint density at radius 1 is 1.28 bits per heavy atom. The second-order valence-electron chi connectivity index (χ2n) is 7.78. The van der Waals surface area contributed by atoms with Gasteiger partial charge in [0.2, 0.25) is 5.91 Å². The van der Waals surface area contributed by atoms with Crippen molar-refractivity contribution in [1.82, 2.24) is 4.90 Å². The Labute approximate surface area is 149 Å². The molecule has 1 heterocycles. The zero-order chi connectivity index (χ0) is 18.0. The third-order valence-electron chi connectivity index (χ3n) is 5.81. The van der Waals surface area contributed by atoms with Crippen molar-refractivity contribution in [1.29, 1.82) is 0 Å². The average molecular weight is 347 g/mol. The van der Waals surface area contributed by atoms with Gasteiger partial charge >= 0.3 is 0 Å². The van der Waals surface area contributed by atoms with E-state index in [-0.39, 0.29) is 12.0 Å². The number of carbonyl (C=O) groups is 1. The van der Waals surface area contributed by atoms with Crippen molar-refractivity contribution >= 4 is 5.91 Å². The van der Waals surface area contributed by atoms with Gasteiger partial charge in [0.15, 0.2) is 0 Å². The highest BCUT2D eigenvalue weighted by Gasteiger charge is 2.41. The first kappa shape index (κ1) is 18.1. The van der Waals surface area contributed by atoms with Gasteiger partial charge in [-0.3, -0.25) is 4.79 Å². The summed E-state index contributed by atoms with van der Waals surface area (Å²) in [5, 5.41) is 9.75. The minimum absolute atomic E-state index is 0.182. The van der Waals surface area contributed by atoms with E-state index in [1.54, 1.807) is 7.11 Å². The van der Waals surface area contributed by atoms with Crippen molar-refractivity contribution in [3.8, 4) is 11.5 Å². The van der Waals surface area contributed by atoms with Crippen molar-refractivity contribution in [3.63, 3.8) is 0 Å². The van der Waals surface area contributed by atoms with Crippen LogP contribution in [0.4, 0.5) is 0 Å². The van der Waals surface area contributed by atoms with Crippen LogP contribution in [0.1, 0.15) is 45.1 Å². The maximum atomic E-state index is 13.3. The van der Waals surface area contributed by atoms with Crippen LogP contribution in [-0.4, -0.2) is 42.3 Å². The summed E-state index contributed by atoms with van der Waals surface area (Å²) in [5.74, 6) is 2.07. The summed E-state index contributed by atoms with van der Waals surface area (Å²) in [6.07, 6.45) is 3.23. The normalized spacial score (nSPS) is 24.1. The molecular weight excluding hydrogens is 318 g/mol. The predicted octanol–water partition coefficient (Wildman–Crippen LogP) is 2.99. The quantitative estimate of drug-likeness (QED) is 0.913. The molecule has 1 aliphatic carbocycles. The summed E-state index contributed by atoms with van der Waals surface area (Å²) >= 11 is 0. The summed E-state index contributed by atoms with van der Waals surface area (Å²) in [4.78, 5) is 15.2. The van der Waals surface area contributed by atoms with E-state index in [2.05, 4.69) is 13.8 Å². The molecule has 1 aromatic carbocycles. The molecule has 1 N–H and O–H groups in total. The molecule has 3 rings (SSSR count). The average Bonchev–Trinajstić information content (AvgIpc) is 2.82. The minimum Gasteiger partial charge on any atom is -0.497 e. The zero-order valence-electron chi connectivity index (χ0n) is 15.5. The maximum Gasteiger partial charge on any atom is 0.228 e. The number of hydrogen-bond donors (Lipinski definition) is 1. The Hall–Kier alpha value is -1.75. The highest BCUT2D eigenvalue weighted by atomic mass is 16.5. The van der Waals surface area contributed by atoms with Gasteiger partial charge in [0.1, 0.15) is 18.1 Å². The lowest BCUT2D eigenvalue weighted by molar-refractivity contribution is -0.145. The van der Waals surface area contributed by atoms with Crippen LogP contribution in [0, 0.1) is 11.3 Å². The monoisotopic (exact) mass is 347 g/mol. The van der Waals surface area contributed by atoms with Gasteiger partial charge in [-0.2, -0.15) is 0 Å². The van der Waals surface area contributed by atoms with Gasteiger partial charge in [-0.05, 0) is 43.7 Å². The van der Waals surface area contributed by atoms with Crippen LogP contribution in [0.15, 0.2) is 18.2 Å². The minimum atomic E-state index is -0.420. The smallest absolute Gasteiger partial charge is 0.228 e. The molecule has 1 fully saturated rings. The number of methoxy groups -OCH3 is 1. The van der Waals surface area contributed by atoms with E-state index in [0.29, 0.717) is 25.6 Å². The number of ether oxygens (including phenoxy) is 2. The molecule has 2 aliphatic rings. The summed E-state index contributed by atoms with van der Waals surface area (Å²) in [7, 11) is 1.64. The lowest BCUT2D eigenvalue weighted by Gasteiger charge is -2.40. The molecule has 0 saturated heterocycles. The zero-order valence-corrected chi connectivity index (χ0v) is 15.5. The van der Waals surface area contributed by atoms with E-state index < -0.39 is 5.41 Å². The number of rotatable bonds is 3. The molecule has 0 aromatic heterocycles. The summed E-state index contributed by atoms with van der Waals surface area (Å²) in [6, 6.07) is 5.77. The first-order valence-corrected chi connectivity index (χ1v) is 9.19. The van der Waals surface area contributed by atoms with Crippen molar-refractivity contribution in [3.05, 3.63) is 23.8 Å². The highest BCUT2D eigenvalue weighted by Crippen LogP contribution is 2.40. The maximum absolute atomic E-state index is 13.3. The lowest BCUT2D eigenvalue weighted by atomic mass is 9.69. The Kier molecular flexibility index (Phi) is 5.23. The van der Waals surface area contributed by atoms with Crippen LogP contribution in [0.25, 0.3) is 0 Å². The molecule has 1 aliphatic heterocycles. The van der Waals surface area contributed by atoms with Gasteiger partial charge < -0.3 is 19.5 Å². The van der Waals surface area contributed by atoms with E-state index in [1.165, 1.54) is 0 Å². The summed E-state index contributed by atoms with van der Waals surface area (Å²) in [5.41, 5.74) is 0.596. The molecular formula is C20H29NO4. The first-order valence-electron chi connectivity index (χ1n) is 9.19. The molecule has 1 saturated carbocycles. The molecule has 25 heavy (non-hydrogen) atoms. The number of fused-ring (bicyclic) bond motifs is 1. The topological polar surface area (TPSA) is 59.0 Å². The Morgan fingerprint density at radius 3 is 2.68 bits per heavy atom. The number of hydrogen-bond acceptors (Lipinski definition) is 4. The molecule has 0 radical (unpaired) electrons. The van der Waals surface area contributed by atoms with Crippen LogP contribution in [-0.2, 0) is 11.3 Å². The van der Waals surface area contributed by atoms with E-state index >= 15 is 0 Å². The molecule has 5 nitrogen and oxygen atoms in total. The number of amides is 1. The second kappa shape index (κ2) is 7.24.